The van der Waals surface area contributed by atoms with Crippen LogP contribution in [0.5, 0.6) is 0 Å². The van der Waals surface area contributed by atoms with Crippen molar-refractivity contribution in [3.63, 3.8) is 0 Å². The van der Waals surface area contributed by atoms with E-state index in [2.05, 4.69) is 61.0 Å². The van der Waals surface area contributed by atoms with E-state index in [1.54, 1.807) is 0 Å². The van der Waals surface area contributed by atoms with Crippen molar-refractivity contribution >= 4 is 27.7 Å². The molecule has 0 aliphatic carbocycles. The van der Waals surface area contributed by atoms with Gasteiger partial charge in [0.2, 0.25) is 0 Å². The van der Waals surface area contributed by atoms with E-state index >= 15 is 0 Å². The molecule has 1 aromatic rings. The predicted molar refractivity (Wildman–Crippen MR) is 83.4 cm³/mol. The number of halogens is 1. The van der Waals surface area contributed by atoms with Gasteiger partial charge in [-0.15, -0.1) is 11.8 Å². The Labute approximate surface area is 119 Å². The van der Waals surface area contributed by atoms with Crippen molar-refractivity contribution in [2.45, 2.75) is 44.4 Å². The van der Waals surface area contributed by atoms with Crippen LogP contribution in [0.2, 0.25) is 0 Å². The van der Waals surface area contributed by atoms with Crippen LogP contribution in [0.1, 0.15) is 45.1 Å². The molecule has 0 saturated heterocycles. The summed E-state index contributed by atoms with van der Waals surface area (Å²) in [7, 11) is 0. The molecule has 0 spiro atoms. The first-order valence-electron chi connectivity index (χ1n) is 6.46. The van der Waals surface area contributed by atoms with Gasteiger partial charge in [-0.2, -0.15) is 0 Å². The zero-order valence-electron chi connectivity index (χ0n) is 11.1. The molecular formula is C15H23BrS. The highest BCUT2D eigenvalue weighted by molar-refractivity contribution is 9.09. The van der Waals surface area contributed by atoms with Gasteiger partial charge in [0.1, 0.15) is 0 Å². The zero-order valence-corrected chi connectivity index (χ0v) is 13.5. The third-order valence-corrected chi connectivity index (χ3v) is 5.11. The summed E-state index contributed by atoms with van der Waals surface area (Å²) in [6.45, 7) is 6.74. The van der Waals surface area contributed by atoms with Crippen LogP contribution < -0.4 is 0 Å². The highest BCUT2D eigenvalue weighted by Crippen LogP contribution is 2.25. The first kappa shape index (κ1) is 15.1. The lowest BCUT2D eigenvalue weighted by atomic mass is 10.0. The summed E-state index contributed by atoms with van der Waals surface area (Å²) in [4.78, 5) is 1.40. The summed E-state index contributed by atoms with van der Waals surface area (Å²) in [6, 6.07) is 9.04. The van der Waals surface area contributed by atoms with Gasteiger partial charge in [-0.1, -0.05) is 55.3 Å². The Balaban J connectivity index is 2.46. The third-order valence-electron chi connectivity index (χ3n) is 2.95. The van der Waals surface area contributed by atoms with E-state index in [1.807, 2.05) is 11.8 Å². The molecule has 17 heavy (non-hydrogen) atoms. The fourth-order valence-electron chi connectivity index (χ4n) is 1.78. The molecule has 1 aromatic carbocycles. The summed E-state index contributed by atoms with van der Waals surface area (Å²) < 4.78 is 0. The van der Waals surface area contributed by atoms with Gasteiger partial charge in [0.15, 0.2) is 0 Å². The van der Waals surface area contributed by atoms with E-state index in [9.17, 15) is 0 Å². The minimum Gasteiger partial charge on any atom is -0.126 e. The predicted octanol–water partition coefficient (Wildman–Crippen LogP) is 5.71. The quantitative estimate of drug-likeness (QED) is 0.458. The summed E-state index contributed by atoms with van der Waals surface area (Å²) in [6.07, 6.45) is 2.60. The molecule has 0 fully saturated rings. The normalized spacial score (nSPS) is 13.0. The minimum absolute atomic E-state index is 0.629. The largest absolute Gasteiger partial charge is 0.126 e. The Kier molecular flexibility index (Phi) is 7.29. The Morgan fingerprint density at radius 3 is 2.29 bits per heavy atom. The van der Waals surface area contributed by atoms with Crippen LogP contribution in [-0.4, -0.2) is 11.1 Å². The molecular weight excluding hydrogens is 292 g/mol. The van der Waals surface area contributed by atoms with Crippen LogP contribution in [0.15, 0.2) is 29.2 Å². The first-order chi connectivity index (χ1) is 8.17. The van der Waals surface area contributed by atoms with Crippen molar-refractivity contribution in [2.75, 3.05) is 11.1 Å². The molecule has 1 atom stereocenters. The zero-order chi connectivity index (χ0) is 12.7. The molecule has 0 heterocycles. The number of hydrogen-bond donors (Lipinski definition) is 0. The SMILES string of the molecule is CCCC(CBr)CSc1ccc(C(C)C)cc1. The number of hydrogen-bond acceptors (Lipinski definition) is 1. The maximum Gasteiger partial charge on any atom is 0.00722 e. The molecule has 0 saturated carbocycles. The maximum absolute atomic E-state index is 3.61. The molecule has 1 rings (SSSR count). The standard InChI is InChI=1S/C15H23BrS/c1-4-5-13(10-16)11-17-15-8-6-14(7-9-15)12(2)3/h6-9,12-13H,4-5,10-11H2,1-3H3. The highest BCUT2D eigenvalue weighted by Gasteiger charge is 2.07. The van der Waals surface area contributed by atoms with Gasteiger partial charge in [0, 0.05) is 16.0 Å². The van der Waals surface area contributed by atoms with Crippen LogP contribution >= 0.6 is 27.7 Å². The molecule has 0 amide bonds. The van der Waals surface area contributed by atoms with Crippen molar-refractivity contribution in [3.8, 4) is 0 Å². The van der Waals surface area contributed by atoms with Gasteiger partial charge in [-0.05, 0) is 36.0 Å². The maximum atomic E-state index is 3.61. The number of thioether (sulfide) groups is 1. The van der Waals surface area contributed by atoms with E-state index < -0.39 is 0 Å². The van der Waals surface area contributed by atoms with Gasteiger partial charge in [0.25, 0.3) is 0 Å². The summed E-state index contributed by atoms with van der Waals surface area (Å²) >= 11 is 5.59. The second-order valence-electron chi connectivity index (χ2n) is 4.84. The third kappa shape index (κ3) is 5.48. The lowest BCUT2D eigenvalue weighted by molar-refractivity contribution is 0.597. The smallest absolute Gasteiger partial charge is 0.00722 e. The van der Waals surface area contributed by atoms with Crippen LogP contribution in [0, 0.1) is 5.92 Å². The molecule has 2 heteroatoms. The van der Waals surface area contributed by atoms with E-state index in [-0.39, 0.29) is 0 Å². The Morgan fingerprint density at radius 1 is 1.18 bits per heavy atom. The number of alkyl halides is 1. The summed E-state index contributed by atoms with van der Waals surface area (Å²) in [5.74, 6) is 2.65. The first-order valence-corrected chi connectivity index (χ1v) is 8.56. The van der Waals surface area contributed by atoms with E-state index in [1.165, 1.54) is 29.1 Å². The van der Waals surface area contributed by atoms with Gasteiger partial charge in [0.05, 0.1) is 0 Å². The number of rotatable bonds is 7. The van der Waals surface area contributed by atoms with Crippen molar-refractivity contribution in [1.29, 1.82) is 0 Å². The van der Waals surface area contributed by atoms with Crippen LogP contribution in [0.3, 0.4) is 0 Å². The fraction of sp³-hybridized carbons (Fsp3) is 0.600. The molecule has 0 nitrogen and oxygen atoms in total. The monoisotopic (exact) mass is 314 g/mol. The van der Waals surface area contributed by atoms with Crippen molar-refractivity contribution in [1.82, 2.24) is 0 Å². The van der Waals surface area contributed by atoms with Crippen LogP contribution in [0.25, 0.3) is 0 Å². The van der Waals surface area contributed by atoms with Gasteiger partial charge >= 0.3 is 0 Å². The van der Waals surface area contributed by atoms with E-state index in [0.717, 1.165) is 11.2 Å². The number of benzene rings is 1. The topological polar surface area (TPSA) is 0 Å². The molecule has 0 radical (unpaired) electrons. The lowest BCUT2D eigenvalue weighted by Crippen LogP contribution is -2.04. The van der Waals surface area contributed by atoms with Crippen molar-refractivity contribution in [2.24, 2.45) is 5.92 Å². The average Bonchev–Trinajstić information content (AvgIpc) is 2.35. The van der Waals surface area contributed by atoms with Gasteiger partial charge in [-0.25, -0.2) is 0 Å². The van der Waals surface area contributed by atoms with Crippen molar-refractivity contribution < 1.29 is 0 Å². The van der Waals surface area contributed by atoms with Gasteiger partial charge < -0.3 is 0 Å². The average molecular weight is 315 g/mol. The molecule has 0 aliphatic heterocycles. The summed E-state index contributed by atoms with van der Waals surface area (Å²) in [5.41, 5.74) is 1.43. The minimum atomic E-state index is 0.629. The molecule has 0 N–H and O–H groups in total. The molecule has 0 aliphatic rings. The Hall–Kier alpha value is 0.0500. The highest BCUT2D eigenvalue weighted by atomic mass is 79.9. The van der Waals surface area contributed by atoms with E-state index in [4.69, 9.17) is 0 Å². The van der Waals surface area contributed by atoms with Crippen LogP contribution in [-0.2, 0) is 0 Å². The Morgan fingerprint density at radius 2 is 1.82 bits per heavy atom. The molecule has 1 unspecified atom stereocenters. The summed E-state index contributed by atoms with van der Waals surface area (Å²) in [5, 5.41) is 1.12. The molecule has 0 bridgehead atoms. The van der Waals surface area contributed by atoms with Gasteiger partial charge in [-0.3, -0.25) is 0 Å². The van der Waals surface area contributed by atoms with Crippen LogP contribution in [0.4, 0.5) is 0 Å². The molecule has 96 valence electrons. The second-order valence-corrected chi connectivity index (χ2v) is 6.58. The Bertz CT molecular complexity index is 305. The van der Waals surface area contributed by atoms with E-state index in [0.29, 0.717) is 5.92 Å². The van der Waals surface area contributed by atoms with Crippen molar-refractivity contribution in [3.05, 3.63) is 29.8 Å². The lowest BCUT2D eigenvalue weighted by Gasteiger charge is -2.12. The second kappa shape index (κ2) is 8.20. The molecule has 0 aromatic heterocycles. The fourth-order valence-corrected chi connectivity index (χ4v) is 3.67.